The number of nitrogens with zero attached hydrogens (tertiary/aromatic N) is 4. The van der Waals surface area contributed by atoms with Crippen LogP contribution in [0, 0.1) is 0 Å². The smallest absolute Gasteiger partial charge is 0.316 e. The van der Waals surface area contributed by atoms with Gasteiger partial charge in [0.05, 0.1) is 0 Å². The monoisotopic (exact) mass is 281 g/mol. The second kappa shape index (κ2) is 5.91. The maximum atomic E-state index is 11.9. The molecule has 3 rings (SSSR count). The molecule has 1 amide bonds. The van der Waals surface area contributed by atoms with Gasteiger partial charge in [0.1, 0.15) is 5.69 Å². The molecule has 3 aromatic heterocycles. The van der Waals surface area contributed by atoms with Crippen LogP contribution in [0.1, 0.15) is 16.2 Å². The average Bonchev–Trinajstić information content (AvgIpc) is 3.04. The van der Waals surface area contributed by atoms with Gasteiger partial charge in [0, 0.05) is 25.1 Å². The van der Waals surface area contributed by atoms with Crippen molar-refractivity contribution in [2.24, 2.45) is 0 Å². The molecule has 0 atom stereocenters. The van der Waals surface area contributed by atoms with Crippen LogP contribution in [0.4, 0.5) is 0 Å². The Bertz CT molecular complexity index is 727. The van der Waals surface area contributed by atoms with Gasteiger partial charge in [-0.3, -0.25) is 14.8 Å². The van der Waals surface area contributed by atoms with Crippen molar-refractivity contribution in [2.45, 2.75) is 6.54 Å². The number of pyridine rings is 2. The van der Waals surface area contributed by atoms with Crippen LogP contribution in [-0.4, -0.2) is 26.0 Å². The zero-order valence-corrected chi connectivity index (χ0v) is 10.9. The van der Waals surface area contributed by atoms with Crippen LogP contribution in [0.3, 0.4) is 0 Å². The molecule has 0 fully saturated rings. The first-order valence-corrected chi connectivity index (χ1v) is 6.25. The lowest BCUT2D eigenvalue weighted by Gasteiger charge is -2.01. The average molecular weight is 281 g/mol. The molecule has 0 aliphatic heterocycles. The van der Waals surface area contributed by atoms with Crippen molar-refractivity contribution in [1.82, 2.24) is 25.4 Å². The van der Waals surface area contributed by atoms with E-state index >= 15 is 0 Å². The molecule has 0 aliphatic rings. The van der Waals surface area contributed by atoms with Crippen LogP contribution in [0.2, 0.25) is 0 Å². The molecule has 0 saturated carbocycles. The summed E-state index contributed by atoms with van der Waals surface area (Å²) in [6.07, 6.45) is 4.94. The molecule has 104 valence electrons. The Morgan fingerprint density at radius 2 is 2.00 bits per heavy atom. The van der Waals surface area contributed by atoms with Crippen LogP contribution in [-0.2, 0) is 6.54 Å². The van der Waals surface area contributed by atoms with E-state index in [4.69, 9.17) is 4.52 Å². The molecular formula is C14H11N5O2. The molecule has 0 bridgehead atoms. The first-order chi connectivity index (χ1) is 10.3. The van der Waals surface area contributed by atoms with E-state index in [0.29, 0.717) is 12.2 Å². The number of hydrogen-bond acceptors (Lipinski definition) is 6. The second-order valence-electron chi connectivity index (χ2n) is 4.18. The highest BCUT2D eigenvalue weighted by Crippen LogP contribution is 2.11. The molecule has 0 saturated heterocycles. The number of amides is 1. The largest absolute Gasteiger partial charge is 0.344 e. The van der Waals surface area contributed by atoms with E-state index in [1.807, 2.05) is 18.2 Å². The molecule has 3 heterocycles. The minimum absolute atomic E-state index is 0.0929. The summed E-state index contributed by atoms with van der Waals surface area (Å²) in [4.78, 5) is 23.9. The summed E-state index contributed by atoms with van der Waals surface area (Å²) in [5.74, 6) is -0.240. The lowest BCUT2D eigenvalue weighted by Crippen LogP contribution is -2.23. The molecule has 0 aromatic carbocycles. The molecular weight excluding hydrogens is 270 g/mol. The summed E-state index contributed by atoms with van der Waals surface area (Å²) in [5.41, 5.74) is 1.48. The fourth-order valence-corrected chi connectivity index (χ4v) is 1.67. The van der Waals surface area contributed by atoms with E-state index in [2.05, 4.69) is 25.4 Å². The lowest BCUT2D eigenvalue weighted by atomic mass is 10.3. The maximum absolute atomic E-state index is 11.9. The minimum atomic E-state index is -0.429. The van der Waals surface area contributed by atoms with E-state index < -0.39 is 5.91 Å². The van der Waals surface area contributed by atoms with E-state index in [9.17, 15) is 4.79 Å². The van der Waals surface area contributed by atoms with Gasteiger partial charge in [0.15, 0.2) is 0 Å². The molecule has 7 nitrogen and oxygen atoms in total. The number of nitrogens with one attached hydrogen (secondary N) is 1. The third-order valence-corrected chi connectivity index (χ3v) is 2.72. The van der Waals surface area contributed by atoms with Gasteiger partial charge in [-0.25, -0.2) is 0 Å². The first-order valence-electron chi connectivity index (χ1n) is 6.25. The van der Waals surface area contributed by atoms with Crippen LogP contribution >= 0.6 is 0 Å². The van der Waals surface area contributed by atoms with Crippen molar-refractivity contribution in [3.05, 3.63) is 60.4 Å². The summed E-state index contributed by atoms with van der Waals surface area (Å²) in [6.45, 7) is 0.364. The van der Waals surface area contributed by atoms with Gasteiger partial charge in [0.2, 0.25) is 5.82 Å². The van der Waals surface area contributed by atoms with Gasteiger partial charge >= 0.3 is 11.8 Å². The van der Waals surface area contributed by atoms with E-state index in [1.165, 1.54) is 0 Å². The SMILES string of the molecule is O=C(NCc1ccncc1)c1nc(-c2ccccn2)no1. The number of hydrogen-bond donors (Lipinski definition) is 1. The van der Waals surface area contributed by atoms with Crippen LogP contribution in [0.15, 0.2) is 53.4 Å². The maximum Gasteiger partial charge on any atom is 0.316 e. The Morgan fingerprint density at radius 1 is 1.14 bits per heavy atom. The predicted octanol–water partition coefficient (Wildman–Crippen LogP) is 1.46. The van der Waals surface area contributed by atoms with Crippen molar-refractivity contribution < 1.29 is 9.32 Å². The molecule has 0 aliphatic carbocycles. The Hall–Kier alpha value is -3.09. The summed E-state index contributed by atoms with van der Waals surface area (Å²) in [5, 5.41) is 6.44. The van der Waals surface area contributed by atoms with Crippen molar-refractivity contribution >= 4 is 5.91 Å². The fraction of sp³-hybridized carbons (Fsp3) is 0.0714. The summed E-state index contributed by atoms with van der Waals surface area (Å²) in [6, 6.07) is 8.96. The van der Waals surface area contributed by atoms with Crippen molar-refractivity contribution in [1.29, 1.82) is 0 Å². The number of carbonyl (C=O) groups excluding carboxylic acids is 1. The predicted molar refractivity (Wildman–Crippen MR) is 72.9 cm³/mol. The Kier molecular flexibility index (Phi) is 3.64. The third kappa shape index (κ3) is 3.08. The van der Waals surface area contributed by atoms with Crippen LogP contribution in [0.5, 0.6) is 0 Å². The molecule has 0 unspecified atom stereocenters. The van der Waals surface area contributed by atoms with Crippen molar-refractivity contribution in [2.75, 3.05) is 0 Å². The molecule has 0 radical (unpaired) electrons. The van der Waals surface area contributed by atoms with Crippen molar-refractivity contribution in [3.63, 3.8) is 0 Å². The molecule has 21 heavy (non-hydrogen) atoms. The van der Waals surface area contributed by atoms with Crippen molar-refractivity contribution in [3.8, 4) is 11.5 Å². The highest BCUT2D eigenvalue weighted by molar-refractivity contribution is 5.89. The molecule has 7 heteroatoms. The Morgan fingerprint density at radius 3 is 2.76 bits per heavy atom. The molecule has 3 aromatic rings. The third-order valence-electron chi connectivity index (χ3n) is 2.72. The van der Waals surface area contributed by atoms with Gasteiger partial charge in [-0.1, -0.05) is 11.2 Å². The van der Waals surface area contributed by atoms with Gasteiger partial charge in [-0.05, 0) is 29.8 Å². The Labute approximate surface area is 120 Å². The number of rotatable bonds is 4. The van der Waals surface area contributed by atoms with Gasteiger partial charge in [-0.15, -0.1) is 0 Å². The van der Waals surface area contributed by atoms with E-state index in [-0.39, 0.29) is 11.7 Å². The van der Waals surface area contributed by atoms with Crippen LogP contribution < -0.4 is 5.32 Å². The normalized spacial score (nSPS) is 10.3. The zero-order chi connectivity index (χ0) is 14.5. The highest BCUT2D eigenvalue weighted by atomic mass is 16.5. The fourth-order valence-electron chi connectivity index (χ4n) is 1.67. The zero-order valence-electron chi connectivity index (χ0n) is 10.9. The summed E-state index contributed by atoms with van der Waals surface area (Å²) >= 11 is 0. The minimum Gasteiger partial charge on any atom is -0.344 e. The summed E-state index contributed by atoms with van der Waals surface area (Å²) in [7, 11) is 0. The van der Waals surface area contributed by atoms with E-state index in [1.54, 1.807) is 30.7 Å². The van der Waals surface area contributed by atoms with Gasteiger partial charge in [0.25, 0.3) is 0 Å². The topological polar surface area (TPSA) is 93.8 Å². The summed E-state index contributed by atoms with van der Waals surface area (Å²) < 4.78 is 4.94. The standard InChI is InChI=1S/C14H11N5O2/c20-13(17-9-10-4-7-15-8-5-10)14-18-12(19-21-14)11-3-1-2-6-16-11/h1-8H,9H2,(H,17,20). The van der Waals surface area contributed by atoms with Gasteiger partial charge < -0.3 is 9.84 Å². The van der Waals surface area contributed by atoms with E-state index in [0.717, 1.165) is 5.56 Å². The molecule has 0 spiro atoms. The molecule has 1 N–H and O–H groups in total. The van der Waals surface area contributed by atoms with Gasteiger partial charge in [-0.2, -0.15) is 4.98 Å². The number of carbonyl (C=O) groups is 1. The Balaban J connectivity index is 1.67. The lowest BCUT2D eigenvalue weighted by molar-refractivity contribution is 0.0907. The quantitative estimate of drug-likeness (QED) is 0.778. The first kappa shape index (κ1) is 12.9. The second-order valence-corrected chi connectivity index (χ2v) is 4.18. The highest BCUT2D eigenvalue weighted by Gasteiger charge is 2.16. The number of aromatic nitrogens is 4. The van der Waals surface area contributed by atoms with Crippen LogP contribution in [0.25, 0.3) is 11.5 Å².